The number of nitrogens with one attached hydrogen (secondary N) is 1. The topological polar surface area (TPSA) is 67.8 Å². The first-order valence-electron chi connectivity index (χ1n) is 6.75. The number of carbonyl (C=O) groups is 1. The molecule has 0 atom stereocenters. The fourth-order valence-corrected chi connectivity index (χ4v) is 1.70. The van der Waals surface area contributed by atoms with Crippen LogP contribution >= 0.6 is 0 Å². The summed E-state index contributed by atoms with van der Waals surface area (Å²) in [6, 6.07) is 5.50. The van der Waals surface area contributed by atoms with Gasteiger partial charge in [0.25, 0.3) is 0 Å². The molecule has 0 heterocycles. The molecule has 5 heteroatoms. The van der Waals surface area contributed by atoms with Crippen molar-refractivity contribution in [3.8, 4) is 11.5 Å². The van der Waals surface area contributed by atoms with Crippen molar-refractivity contribution in [2.24, 2.45) is 5.92 Å². The zero-order valence-electron chi connectivity index (χ0n) is 12.3. The first-order valence-corrected chi connectivity index (χ1v) is 6.75. The molecule has 0 unspecified atom stereocenters. The maximum Gasteiger partial charge on any atom is 0.341 e. The van der Waals surface area contributed by atoms with E-state index in [2.05, 4.69) is 19.2 Å². The number of carboxylic acid groups (broad SMARTS) is 1. The lowest BCUT2D eigenvalue weighted by Crippen LogP contribution is -2.16. The van der Waals surface area contributed by atoms with Crippen LogP contribution in [-0.2, 0) is 11.3 Å². The van der Waals surface area contributed by atoms with Crippen molar-refractivity contribution in [1.82, 2.24) is 5.32 Å². The third kappa shape index (κ3) is 5.93. The van der Waals surface area contributed by atoms with Crippen molar-refractivity contribution in [3.63, 3.8) is 0 Å². The normalized spacial score (nSPS) is 10.6. The van der Waals surface area contributed by atoms with Crippen LogP contribution < -0.4 is 14.8 Å². The zero-order chi connectivity index (χ0) is 15.0. The second-order valence-corrected chi connectivity index (χ2v) is 5.03. The predicted molar refractivity (Wildman–Crippen MR) is 77.3 cm³/mol. The van der Waals surface area contributed by atoms with Crippen molar-refractivity contribution in [2.45, 2.75) is 26.8 Å². The molecule has 1 aromatic rings. The second-order valence-electron chi connectivity index (χ2n) is 5.03. The monoisotopic (exact) mass is 281 g/mol. The Bertz CT molecular complexity index is 432. The van der Waals surface area contributed by atoms with Gasteiger partial charge in [-0.25, -0.2) is 4.79 Å². The number of ether oxygens (including phenoxy) is 2. The Hall–Kier alpha value is -1.75. The summed E-state index contributed by atoms with van der Waals surface area (Å²) in [5.74, 6) is 0.672. The smallest absolute Gasteiger partial charge is 0.341 e. The summed E-state index contributed by atoms with van der Waals surface area (Å²) < 4.78 is 10.4. The van der Waals surface area contributed by atoms with E-state index in [4.69, 9.17) is 14.6 Å². The highest BCUT2D eigenvalue weighted by molar-refractivity contribution is 5.68. The molecule has 1 rings (SSSR count). The molecule has 0 fully saturated rings. The van der Waals surface area contributed by atoms with Crippen LogP contribution in [0.15, 0.2) is 18.2 Å². The summed E-state index contributed by atoms with van der Waals surface area (Å²) in [6.45, 7) is 5.74. The number of methoxy groups -OCH3 is 1. The van der Waals surface area contributed by atoms with Crippen molar-refractivity contribution >= 4 is 5.97 Å². The molecule has 0 spiro atoms. The Labute approximate surface area is 119 Å². The molecule has 0 saturated carbocycles. The minimum Gasteiger partial charge on any atom is -0.493 e. The van der Waals surface area contributed by atoms with Crippen LogP contribution in [0, 0.1) is 5.92 Å². The fraction of sp³-hybridized carbons (Fsp3) is 0.533. The fourth-order valence-electron chi connectivity index (χ4n) is 1.70. The van der Waals surface area contributed by atoms with Gasteiger partial charge in [0.15, 0.2) is 18.1 Å². The Balaban J connectivity index is 2.55. The standard InChI is InChI=1S/C15H23NO4/c1-11(2)6-7-16-9-12-4-5-13(14(8-12)19-3)20-10-15(17)18/h4-5,8,11,16H,6-7,9-10H2,1-3H3,(H,17,18). The van der Waals surface area contributed by atoms with Gasteiger partial charge in [-0.1, -0.05) is 19.9 Å². The molecule has 0 amide bonds. The molecule has 0 aliphatic rings. The van der Waals surface area contributed by atoms with E-state index in [0.29, 0.717) is 17.4 Å². The van der Waals surface area contributed by atoms with Gasteiger partial charge in [0.1, 0.15) is 0 Å². The van der Waals surface area contributed by atoms with Gasteiger partial charge in [0.2, 0.25) is 0 Å². The van der Waals surface area contributed by atoms with E-state index in [-0.39, 0.29) is 6.61 Å². The zero-order valence-corrected chi connectivity index (χ0v) is 12.3. The Morgan fingerprint density at radius 2 is 2.10 bits per heavy atom. The van der Waals surface area contributed by atoms with E-state index in [1.807, 2.05) is 12.1 Å². The van der Waals surface area contributed by atoms with Crippen LogP contribution in [0.3, 0.4) is 0 Å². The van der Waals surface area contributed by atoms with Crippen LogP contribution in [-0.4, -0.2) is 31.3 Å². The lowest BCUT2D eigenvalue weighted by molar-refractivity contribution is -0.139. The molecule has 112 valence electrons. The predicted octanol–water partition coefficient (Wildman–Crippen LogP) is 2.29. The van der Waals surface area contributed by atoms with Crippen LogP contribution in [0.1, 0.15) is 25.8 Å². The molecule has 2 N–H and O–H groups in total. The maximum absolute atomic E-state index is 10.5. The molecule has 1 aromatic carbocycles. The highest BCUT2D eigenvalue weighted by Crippen LogP contribution is 2.27. The van der Waals surface area contributed by atoms with E-state index in [1.165, 1.54) is 0 Å². The van der Waals surface area contributed by atoms with E-state index in [1.54, 1.807) is 13.2 Å². The van der Waals surface area contributed by atoms with Crippen molar-refractivity contribution in [2.75, 3.05) is 20.3 Å². The van der Waals surface area contributed by atoms with Crippen LogP contribution in [0.2, 0.25) is 0 Å². The van der Waals surface area contributed by atoms with Crippen LogP contribution in [0.5, 0.6) is 11.5 Å². The van der Waals surface area contributed by atoms with Gasteiger partial charge in [-0.2, -0.15) is 0 Å². The molecule has 0 aromatic heterocycles. The minimum absolute atomic E-state index is 0.373. The van der Waals surface area contributed by atoms with Gasteiger partial charge in [-0.15, -0.1) is 0 Å². The average Bonchev–Trinajstić information content (AvgIpc) is 2.41. The van der Waals surface area contributed by atoms with Crippen molar-refractivity contribution in [1.29, 1.82) is 0 Å². The van der Waals surface area contributed by atoms with Gasteiger partial charge in [0.05, 0.1) is 7.11 Å². The number of carboxylic acids is 1. The first kappa shape index (κ1) is 16.3. The van der Waals surface area contributed by atoms with Crippen molar-refractivity contribution in [3.05, 3.63) is 23.8 Å². The lowest BCUT2D eigenvalue weighted by atomic mass is 10.1. The molecule has 5 nitrogen and oxygen atoms in total. The Kier molecular flexibility index (Phi) is 6.87. The number of hydrogen-bond donors (Lipinski definition) is 2. The number of rotatable bonds is 9. The average molecular weight is 281 g/mol. The molecule has 0 saturated heterocycles. The Morgan fingerprint density at radius 1 is 1.35 bits per heavy atom. The largest absolute Gasteiger partial charge is 0.493 e. The van der Waals surface area contributed by atoms with Crippen molar-refractivity contribution < 1.29 is 19.4 Å². The molecule has 0 bridgehead atoms. The third-order valence-corrected chi connectivity index (χ3v) is 2.81. The van der Waals surface area contributed by atoms with Gasteiger partial charge >= 0.3 is 5.97 Å². The Morgan fingerprint density at radius 3 is 2.70 bits per heavy atom. The summed E-state index contributed by atoms with van der Waals surface area (Å²) in [6.07, 6.45) is 1.14. The molecule has 0 aliphatic carbocycles. The summed E-state index contributed by atoms with van der Waals surface area (Å²) in [4.78, 5) is 10.5. The van der Waals surface area contributed by atoms with Crippen LogP contribution in [0.25, 0.3) is 0 Å². The summed E-state index contributed by atoms with van der Waals surface area (Å²) in [5, 5.41) is 12.0. The molecule has 20 heavy (non-hydrogen) atoms. The second kappa shape index (κ2) is 8.43. The van der Waals surface area contributed by atoms with Gasteiger partial charge in [-0.3, -0.25) is 0 Å². The van der Waals surface area contributed by atoms with Crippen LogP contribution in [0.4, 0.5) is 0 Å². The highest BCUT2D eigenvalue weighted by Gasteiger charge is 2.07. The first-order chi connectivity index (χ1) is 9.52. The van der Waals surface area contributed by atoms with E-state index < -0.39 is 5.97 Å². The lowest BCUT2D eigenvalue weighted by Gasteiger charge is -2.12. The molecule has 0 aliphatic heterocycles. The quantitative estimate of drug-likeness (QED) is 0.680. The number of benzene rings is 1. The van der Waals surface area contributed by atoms with E-state index in [9.17, 15) is 4.79 Å². The van der Waals surface area contributed by atoms with Gasteiger partial charge in [0, 0.05) is 6.54 Å². The molecular weight excluding hydrogens is 258 g/mol. The van der Waals surface area contributed by atoms with E-state index in [0.717, 1.165) is 25.1 Å². The highest BCUT2D eigenvalue weighted by atomic mass is 16.5. The molecule has 0 radical (unpaired) electrons. The maximum atomic E-state index is 10.5. The number of aliphatic carboxylic acids is 1. The number of hydrogen-bond acceptors (Lipinski definition) is 4. The summed E-state index contributed by atoms with van der Waals surface area (Å²) in [7, 11) is 1.54. The van der Waals surface area contributed by atoms with Gasteiger partial charge in [-0.05, 0) is 36.6 Å². The third-order valence-electron chi connectivity index (χ3n) is 2.81. The van der Waals surface area contributed by atoms with E-state index >= 15 is 0 Å². The molecular formula is C15H23NO4. The van der Waals surface area contributed by atoms with Gasteiger partial charge < -0.3 is 19.9 Å². The summed E-state index contributed by atoms with van der Waals surface area (Å²) in [5.41, 5.74) is 1.08. The minimum atomic E-state index is -1.01. The summed E-state index contributed by atoms with van der Waals surface area (Å²) >= 11 is 0. The SMILES string of the molecule is COc1cc(CNCCC(C)C)ccc1OCC(=O)O.